The minimum Gasteiger partial charge on any atom is -0.497 e. The van der Waals surface area contributed by atoms with Crippen LogP contribution in [0.1, 0.15) is 33.4 Å². The van der Waals surface area contributed by atoms with Gasteiger partial charge in [0.1, 0.15) is 5.75 Å². The summed E-state index contributed by atoms with van der Waals surface area (Å²) in [4.78, 5) is 0. The molecule has 3 aromatic rings. The van der Waals surface area contributed by atoms with Crippen molar-refractivity contribution in [1.29, 1.82) is 0 Å². The molecule has 0 saturated heterocycles. The first kappa shape index (κ1) is 17.6. The van der Waals surface area contributed by atoms with Crippen LogP contribution >= 0.6 is 0 Å². The van der Waals surface area contributed by atoms with Crippen LogP contribution in [0.4, 0.5) is 0 Å². The molecular formula is C26H26O. The Bertz CT molecular complexity index is 964. The minimum absolute atomic E-state index is 0.930. The molecule has 0 aliphatic heterocycles. The average molecular weight is 354 g/mol. The summed E-state index contributed by atoms with van der Waals surface area (Å²) in [6, 6.07) is 24.1. The largest absolute Gasteiger partial charge is 0.497 e. The third kappa shape index (κ3) is 3.98. The van der Waals surface area contributed by atoms with Crippen molar-refractivity contribution in [3.63, 3.8) is 0 Å². The van der Waals surface area contributed by atoms with Crippen molar-refractivity contribution < 1.29 is 4.74 Å². The quantitative estimate of drug-likeness (QED) is 0.530. The summed E-state index contributed by atoms with van der Waals surface area (Å²) in [5.41, 5.74) is 9.92. The lowest BCUT2D eigenvalue weighted by Gasteiger charge is -2.13. The van der Waals surface area contributed by atoms with E-state index in [4.69, 9.17) is 4.74 Å². The number of hydrogen-bond donors (Lipinski definition) is 0. The molecule has 27 heavy (non-hydrogen) atoms. The second-order valence-electron chi connectivity index (χ2n) is 7.40. The summed E-state index contributed by atoms with van der Waals surface area (Å²) >= 11 is 0. The number of methoxy groups -OCH3 is 1. The van der Waals surface area contributed by atoms with Gasteiger partial charge in [0.15, 0.2) is 0 Å². The van der Waals surface area contributed by atoms with Crippen molar-refractivity contribution in [2.75, 3.05) is 7.11 Å². The molecule has 0 fully saturated rings. The number of aryl methyl sites for hydroxylation is 3. The first-order chi connectivity index (χ1) is 13.2. The lowest BCUT2D eigenvalue weighted by atomic mass is 9.91. The fourth-order valence-corrected chi connectivity index (χ4v) is 3.98. The highest BCUT2D eigenvalue weighted by Crippen LogP contribution is 2.34. The Morgan fingerprint density at radius 3 is 2.48 bits per heavy atom. The van der Waals surface area contributed by atoms with E-state index in [0.29, 0.717) is 0 Å². The number of rotatable bonds is 6. The Hall–Kier alpha value is -2.80. The lowest BCUT2D eigenvalue weighted by molar-refractivity contribution is 0.414. The van der Waals surface area contributed by atoms with Gasteiger partial charge in [0, 0.05) is 0 Å². The Kier molecular flexibility index (Phi) is 5.11. The maximum atomic E-state index is 5.39. The Morgan fingerprint density at radius 1 is 0.852 bits per heavy atom. The van der Waals surface area contributed by atoms with Crippen molar-refractivity contribution in [1.82, 2.24) is 0 Å². The van der Waals surface area contributed by atoms with Crippen LogP contribution in [0.2, 0.25) is 0 Å². The smallest absolute Gasteiger partial charge is 0.119 e. The highest BCUT2D eigenvalue weighted by atomic mass is 16.5. The minimum atomic E-state index is 0.930. The van der Waals surface area contributed by atoms with E-state index >= 15 is 0 Å². The molecule has 0 radical (unpaired) electrons. The molecule has 0 N–H and O–H groups in total. The number of ether oxygens (including phenoxy) is 1. The van der Waals surface area contributed by atoms with E-state index in [1.165, 1.54) is 39.0 Å². The van der Waals surface area contributed by atoms with Crippen LogP contribution in [0.3, 0.4) is 0 Å². The summed E-state index contributed by atoms with van der Waals surface area (Å²) in [5.74, 6) is 0.930. The maximum Gasteiger partial charge on any atom is 0.119 e. The van der Waals surface area contributed by atoms with Gasteiger partial charge in [-0.1, -0.05) is 66.2 Å². The van der Waals surface area contributed by atoms with Gasteiger partial charge >= 0.3 is 0 Å². The fraction of sp³-hybridized carbons (Fsp3) is 0.231. The van der Waals surface area contributed by atoms with E-state index < -0.39 is 0 Å². The number of benzene rings is 3. The topological polar surface area (TPSA) is 9.23 Å². The predicted molar refractivity (Wildman–Crippen MR) is 113 cm³/mol. The average Bonchev–Trinajstić information content (AvgIpc) is 3.11. The van der Waals surface area contributed by atoms with Crippen LogP contribution in [0.15, 0.2) is 72.8 Å². The molecule has 4 rings (SSSR count). The van der Waals surface area contributed by atoms with Crippen molar-refractivity contribution in [2.45, 2.75) is 32.6 Å². The van der Waals surface area contributed by atoms with Gasteiger partial charge in [-0.05, 0) is 78.1 Å². The molecule has 0 aromatic heterocycles. The zero-order chi connectivity index (χ0) is 18.6. The van der Waals surface area contributed by atoms with Crippen molar-refractivity contribution in [3.8, 4) is 5.75 Å². The monoisotopic (exact) mass is 354 g/mol. The van der Waals surface area contributed by atoms with Gasteiger partial charge in [0.25, 0.3) is 0 Å². The second kappa shape index (κ2) is 7.84. The summed E-state index contributed by atoms with van der Waals surface area (Å²) in [6.45, 7) is 2.14. The first-order valence-electron chi connectivity index (χ1n) is 9.71. The molecule has 136 valence electrons. The number of fused-ring (bicyclic) bond motifs is 1. The third-order valence-electron chi connectivity index (χ3n) is 5.46. The SMILES string of the molecule is COc1cccc(CC2=CCc3cccc(CCc4ccc(C)cc4)c32)c1. The Balaban J connectivity index is 1.55. The van der Waals surface area contributed by atoms with Crippen LogP contribution in [-0.2, 0) is 25.7 Å². The zero-order valence-electron chi connectivity index (χ0n) is 16.2. The van der Waals surface area contributed by atoms with Crippen LogP contribution in [0.25, 0.3) is 5.57 Å². The number of hydrogen-bond acceptors (Lipinski definition) is 1. The van der Waals surface area contributed by atoms with E-state index in [2.05, 4.69) is 73.7 Å². The second-order valence-corrected chi connectivity index (χ2v) is 7.40. The summed E-state index contributed by atoms with van der Waals surface area (Å²) in [5, 5.41) is 0. The molecule has 0 unspecified atom stereocenters. The molecule has 0 bridgehead atoms. The van der Waals surface area contributed by atoms with Gasteiger partial charge < -0.3 is 4.74 Å². The summed E-state index contributed by atoms with van der Waals surface area (Å²) < 4.78 is 5.39. The van der Waals surface area contributed by atoms with Gasteiger partial charge in [-0.15, -0.1) is 0 Å². The van der Waals surface area contributed by atoms with E-state index in [1.807, 2.05) is 6.07 Å². The van der Waals surface area contributed by atoms with Crippen LogP contribution < -0.4 is 4.74 Å². The van der Waals surface area contributed by atoms with E-state index in [1.54, 1.807) is 7.11 Å². The van der Waals surface area contributed by atoms with Gasteiger partial charge in [0.2, 0.25) is 0 Å². The Labute approximate surface area is 162 Å². The van der Waals surface area contributed by atoms with Gasteiger partial charge in [0.05, 0.1) is 7.11 Å². The molecule has 0 amide bonds. The molecule has 0 saturated carbocycles. The fourth-order valence-electron chi connectivity index (χ4n) is 3.98. The molecule has 1 heteroatoms. The molecule has 0 atom stereocenters. The zero-order valence-corrected chi connectivity index (χ0v) is 16.2. The molecule has 1 aliphatic carbocycles. The standard InChI is InChI=1S/C26H26O/c1-19-9-11-20(12-10-19)13-14-22-6-4-7-23-15-16-24(26(22)23)17-21-5-3-8-25(18-21)27-2/h3-12,16,18H,13-15,17H2,1-2H3. The van der Waals surface area contributed by atoms with Crippen LogP contribution in [-0.4, -0.2) is 7.11 Å². The van der Waals surface area contributed by atoms with E-state index in [9.17, 15) is 0 Å². The van der Waals surface area contributed by atoms with Crippen LogP contribution in [0, 0.1) is 6.92 Å². The van der Waals surface area contributed by atoms with Gasteiger partial charge in [-0.3, -0.25) is 0 Å². The van der Waals surface area contributed by atoms with Crippen LogP contribution in [0.5, 0.6) is 5.75 Å². The molecule has 1 aliphatic rings. The highest BCUT2D eigenvalue weighted by molar-refractivity contribution is 5.77. The van der Waals surface area contributed by atoms with E-state index in [-0.39, 0.29) is 0 Å². The molecule has 0 heterocycles. The summed E-state index contributed by atoms with van der Waals surface area (Å²) in [7, 11) is 1.73. The highest BCUT2D eigenvalue weighted by Gasteiger charge is 2.18. The Morgan fingerprint density at radius 2 is 1.67 bits per heavy atom. The summed E-state index contributed by atoms with van der Waals surface area (Å²) in [6.07, 6.45) is 6.59. The normalized spacial score (nSPS) is 12.6. The number of allylic oxidation sites excluding steroid dienone is 2. The van der Waals surface area contributed by atoms with Gasteiger partial charge in [-0.2, -0.15) is 0 Å². The maximum absolute atomic E-state index is 5.39. The lowest BCUT2D eigenvalue weighted by Crippen LogP contribution is -1.99. The van der Waals surface area contributed by atoms with Crippen molar-refractivity contribution in [3.05, 3.63) is 106 Å². The van der Waals surface area contributed by atoms with Crippen molar-refractivity contribution >= 4 is 5.57 Å². The first-order valence-corrected chi connectivity index (χ1v) is 9.71. The molecule has 0 spiro atoms. The van der Waals surface area contributed by atoms with Crippen molar-refractivity contribution in [2.24, 2.45) is 0 Å². The van der Waals surface area contributed by atoms with E-state index in [0.717, 1.165) is 31.4 Å². The molecule has 3 aromatic carbocycles. The third-order valence-corrected chi connectivity index (χ3v) is 5.46. The molecule has 1 nitrogen and oxygen atoms in total. The predicted octanol–water partition coefficient (Wildman–Crippen LogP) is 5.97. The van der Waals surface area contributed by atoms with Gasteiger partial charge in [-0.25, -0.2) is 0 Å². The molecular weight excluding hydrogens is 328 g/mol.